The Hall–Kier alpha value is -1.10. The first-order valence-corrected chi connectivity index (χ1v) is 9.78. The fourth-order valence-corrected chi connectivity index (χ4v) is 2.94. The third kappa shape index (κ3) is 9.91. The average Bonchev–Trinajstić information content (AvgIpc) is 2.64. The Morgan fingerprint density at radius 3 is 1.83 bits per heavy atom. The minimum atomic E-state index is -0.919. The van der Waals surface area contributed by atoms with Gasteiger partial charge in [0.1, 0.15) is 0 Å². The lowest BCUT2D eigenvalue weighted by Gasteiger charge is -2.23. The Kier molecular flexibility index (Phi) is 11.5. The Labute approximate surface area is 146 Å². The molecule has 0 aromatic carbocycles. The number of nitrogens with two attached hydrogens (primary N) is 1. The molecule has 0 radical (unpaired) electrons. The summed E-state index contributed by atoms with van der Waals surface area (Å²) in [5.41, 5.74) is 6.09. The standard InChI is InChI=1S/C19H35NO4/c1-2-3-4-5-6-7-8-9-10-13-16(20)19-23-17(21)14-11-12-15-18(22)24-19/h16,19H,2-15,20H2,1H3. The Bertz CT molecular complexity index is 339. The molecular weight excluding hydrogens is 306 g/mol. The summed E-state index contributed by atoms with van der Waals surface area (Å²) < 4.78 is 10.5. The van der Waals surface area contributed by atoms with Gasteiger partial charge in [-0.05, 0) is 19.3 Å². The molecule has 5 nitrogen and oxygen atoms in total. The van der Waals surface area contributed by atoms with E-state index in [9.17, 15) is 9.59 Å². The molecule has 1 fully saturated rings. The van der Waals surface area contributed by atoms with Crippen molar-refractivity contribution in [2.45, 2.75) is 109 Å². The molecule has 1 aliphatic rings. The maximum atomic E-state index is 11.7. The highest BCUT2D eigenvalue weighted by molar-refractivity contribution is 5.72. The van der Waals surface area contributed by atoms with E-state index in [1.165, 1.54) is 44.9 Å². The number of esters is 2. The molecule has 1 rings (SSSR count). The zero-order valence-electron chi connectivity index (χ0n) is 15.3. The highest BCUT2D eigenvalue weighted by Gasteiger charge is 2.26. The lowest BCUT2D eigenvalue weighted by atomic mass is 10.0. The third-order valence-electron chi connectivity index (χ3n) is 4.50. The average molecular weight is 341 g/mol. The van der Waals surface area contributed by atoms with Crippen molar-refractivity contribution in [3.8, 4) is 0 Å². The first-order chi connectivity index (χ1) is 11.6. The predicted octanol–water partition coefficient (Wildman–Crippen LogP) is 4.22. The molecule has 5 heteroatoms. The quantitative estimate of drug-likeness (QED) is 0.449. The van der Waals surface area contributed by atoms with Crippen molar-refractivity contribution in [1.82, 2.24) is 0 Å². The molecule has 0 aliphatic carbocycles. The number of cyclic esters (lactones) is 2. The van der Waals surface area contributed by atoms with Crippen molar-refractivity contribution >= 4 is 11.9 Å². The zero-order chi connectivity index (χ0) is 17.6. The summed E-state index contributed by atoms with van der Waals surface area (Å²) in [5.74, 6) is -0.644. The summed E-state index contributed by atoms with van der Waals surface area (Å²) in [6.45, 7) is 2.23. The van der Waals surface area contributed by atoms with Crippen molar-refractivity contribution in [3.05, 3.63) is 0 Å². The third-order valence-corrected chi connectivity index (χ3v) is 4.50. The molecule has 1 atom stereocenters. The van der Waals surface area contributed by atoms with Gasteiger partial charge in [0.05, 0.1) is 6.04 Å². The Morgan fingerprint density at radius 1 is 0.875 bits per heavy atom. The van der Waals surface area contributed by atoms with Gasteiger partial charge in [-0.1, -0.05) is 64.7 Å². The maximum Gasteiger partial charge on any atom is 0.308 e. The van der Waals surface area contributed by atoms with Crippen LogP contribution in [0.5, 0.6) is 0 Å². The van der Waals surface area contributed by atoms with Crippen molar-refractivity contribution in [2.24, 2.45) is 5.73 Å². The van der Waals surface area contributed by atoms with E-state index in [2.05, 4.69) is 6.92 Å². The highest BCUT2D eigenvalue weighted by Crippen LogP contribution is 2.16. The minimum absolute atomic E-state index is 0.322. The molecule has 0 spiro atoms. The number of carbonyl (C=O) groups is 2. The van der Waals surface area contributed by atoms with Gasteiger partial charge in [0.25, 0.3) is 6.29 Å². The van der Waals surface area contributed by atoms with E-state index in [1.54, 1.807) is 0 Å². The summed E-state index contributed by atoms with van der Waals surface area (Å²) in [5, 5.41) is 0. The van der Waals surface area contributed by atoms with Gasteiger partial charge in [-0.15, -0.1) is 0 Å². The summed E-state index contributed by atoms with van der Waals surface area (Å²) in [4.78, 5) is 23.3. The van der Waals surface area contributed by atoms with E-state index in [0.717, 1.165) is 12.8 Å². The van der Waals surface area contributed by atoms with Crippen molar-refractivity contribution in [1.29, 1.82) is 0 Å². The molecule has 0 saturated carbocycles. The van der Waals surface area contributed by atoms with Crippen LogP contribution in [0.3, 0.4) is 0 Å². The van der Waals surface area contributed by atoms with Crippen molar-refractivity contribution < 1.29 is 19.1 Å². The fourth-order valence-electron chi connectivity index (χ4n) is 2.94. The first-order valence-electron chi connectivity index (χ1n) is 9.78. The normalized spacial score (nSPS) is 18.2. The molecule has 0 aromatic heterocycles. The number of unbranched alkanes of at least 4 members (excludes halogenated alkanes) is 8. The second-order valence-corrected chi connectivity index (χ2v) is 6.84. The van der Waals surface area contributed by atoms with Crippen LogP contribution in [0.25, 0.3) is 0 Å². The van der Waals surface area contributed by atoms with Gasteiger partial charge in [0.15, 0.2) is 0 Å². The number of hydrogen-bond acceptors (Lipinski definition) is 5. The maximum absolute atomic E-state index is 11.7. The highest BCUT2D eigenvalue weighted by atomic mass is 16.7. The van der Waals surface area contributed by atoms with Gasteiger partial charge >= 0.3 is 11.9 Å². The van der Waals surface area contributed by atoms with Gasteiger partial charge in [-0.3, -0.25) is 9.59 Å². The lowest BCUT2D eigenvalue weighted by molar-refractivity contribution is -0.190. The number of ether oxygens (including phenoxy) is 2. The summed E-state index contributed by atoms with van der Waals surface area (Å²) in [6.07, 6.45) is 13.0. The Morgan fingerprint density at radius 2 is 1.33 bits per heavy atom. The van der Waals surface area contributed by atoms with E-state index >= 15 is 0 Å². The molecule has 24 heavy (non-hydrogen) atoms. The summed E-state index contributed by atoms with van der Waals surface area (Å²) in [7, 11) is 0. The van der Waals surface area contributed by atoms with Crippen molar-refractivity contribution in [2.75, 3.05) is 0 Å². The molecule has 1 aliphatic heterocycles. The van der Waals surface area contributed by atoms with E-state index < -0.39 is 12.3 Å². The fraction of sp³-hybridized carbons (Fsp3) is 0.895. The second kappa shape index (κ2) is 13.2. The lowest BCUT2D eigenvalue weighted by Crippen LogP contribution is -2.41. The van der Waals surface area contributed by atoms with Crippen LogP contribution in [0, 0.1) is 0 Å². The minimum Gasteiger partial charge on any atom is -0.423 e. The SMILES string of the molecule is CCCCCCCCCCCC(N)C1OC(=O)CCCCC(=O)O1. The van der Waals surface area contributed by atoms with Gasteiger partial charge in [0.2, 0.25) is 0 Å². The van der Waals surface area contributed by atoms with Crippen LogP contribution in [0.4, 0.5) is 0 Å². The number of rotatable bonds is 11. The van der Waals surface area contributed by atoms with Gasteiger partial charge in [-0.25, -0.2) is 0 Å². The molecule has 0 amide bonds. The summed E-state index contributed by atoms with van der Waals surface area (Å²) >= 11 is 0. The largest absolute Gasteiger partial charge is 0.423 e. The topological polar surface area (TPSA) is 78.6 Å². The van der Waals surface area contributed by atoms with Gasteiger partial charge in [-0.2, -0.15) is 0 Å². The smallest absolute Gasteiger partial charge is 0.308 e. The van der Waals surface area contributed by atoms with Crippen LogP contribution in [-0.4, -0.2) is 24.3 Å². The van der Waals surface area contributed by atoms with Crippen LogP contribution < -0.4 is 5.73 Å². The molecule has 2 N–H and O–H groups in total. The Balaban J connectivity index is 2.16. The summed E-state index contributed by atoms with van der Waals surface area (Å²) in [6, 6.07) is -0.430. The van der Waals surface area contributed by atoms with Crippen molar-refractivity contribution in [3.63, 3.8) is 0 Å². The van der Waals surface area contributed by atoms with E-state index in [4.69, 9.17) is 15.2 Å². The molecule has 1 unspecified atom stereocenters. The molecule has 1 heterocycles. The van der Waals surface area contributed by atoms with E-state index in [-0.39, 0.29) is 11.9 Å². The van der Waals surface area contributed by atoms with Gasteiger partial charge in [0, 0.05) is 12.8 Å². The van der Waals surface area contributed by atoms with Crippen LogP contribution in [-0.2, 0) is 19.1 Å². The van der Waals surface area contributed by atoms with E-state index in [0.29, 0.717) is 32.1 Å². The monoisotopic (exact) mass is 341 g/mol. The van der Waals surface area contributed by atoms with Crippen LogP contribution >= 0.6 is 0 Å². The number of hydrogen-bond donors (Lipinski definition) is 1. The zero-order valence-corrected chi connectivity index (χ0v) is 15.3. The van der Waals surface area contributed by atoms with E-state index in [1.807, 2.05) is 0 Å². The predicted molar refractivity (Wildman–Crippen MR) is 94.3 cm³/mol. The van der Waals surface area contributed by atoms with Crippen LogP contribution in [0.2, 0.25) is 0 Å². The van der Waals surface area contributed by atoms with Gasteiger partial charge < -0.3 is 15.2 Å². The molecule has 0 bridgehead atoms. The molecular formula is C19H35NO4. The van der Waals surface area contributed by atoms with Crippen LogP contribution in [0.15, 0.2) is 0 Å². The first kappa shape index (κ1) is 20.9. The van der Waals surface area contributed by atoms with Crippen LogP contribution in [0.1, 0.15) is 96.8 Å². The number of carbonyl (C=O) groups excluding carboxylic acids is 2. The molecule has 140 valence electrons. The molecule has 0 aromatic rings. The molecule has 1 saturated heterocycles. The second-order valence-electron chi connectivity index (χ2n) is 6.84.